The molecule has 1 aromatic carbocycles. The highest BCUT2D eigenvalue weighted by molar-refractivity contribution is 5.93. The Hall–Kier alpha value is -1.39. The first kappa shape index (κ1) is 15.0. The molecule has 0 saturated carbocycles. The molecule has 1 aliphatic heterocycles. The summed E-state index contributed by atoms with van der Waals surface area (Å²) in [6.07, 6.45) is 1.94. The van der Waals surface area contributed by atoms with Crippen LogP contribution in [0, 0.1) is 13.8 Å². The number of aryl methyl sites for hydroxylation is 2. The monoisotopic (exact) mass is 275 g/mol. The average Bonchev–Trinajstić information content (AvgIpc) is 2.36. The highest BCUT2D eigenvalue weighted by atomic mass is 16.2. The van der Waals surface area contributed by atoms with Gasteiger partial charge in [-0.05, 0) is 45.2 Å². The van der Waals surface area contributed by atoms with Crippen molar-refractivity contribution in [2.75, 3.05) is 18.4 Å². The number of carbonyl (C=O) groups excluding carboxylic acids is 1. The van der Waals surface area contributed by atoms with Crippen LogP contribution in [0.1, 0.15) is 30.9 Å². The molecule has 0 spiro atoms. The van der Waals surface area contributed by atoms with Crippen LogP contribution in [0.3, 0.4) is 0 Å². The van der Waals surface area contributed by atoms with E-state index in [0.717, 1.165) is 30.6 Å². The van der Waals surface area contributed by atoms with E-state index in [0.29, 0.717) is 12.6 Å². The number of amides is 1. The SMILES string of the molecule is Cc1ccc(NC(=O)CN2CCC(N)CC2C)c(C)c1. The third-order valence-electron chi connectivity index (χ3n) is 4.06. The van der Waals surface area contributed by atoms with Gasteiger partial charge in [0.1, 0.15) is 0 Å². The second-order valence-corrected chi connectivity index (χ2v) is 5.97. The first-order valence-corrected chi connectivity index (χ1v) is 7.32. The molecule has 0 bridgehead atoms. The maximum absolute atomic E-state index is 12.2. The number of hydrogen-bond donors (Lipinski definition) is 2. The van der Waals surface area contributed by atoms with Gasteiger partial charge in [-0.3, -0.25) is 9.69 Å². The lowest BCUT2D eigenvalue weighted by Crippen LogP contribution is -2.48. The Labute approximate surface area is 121 Å². The Kier molecular flexibility index (Phi) is 4.78. The summed E-state index contributed by atoms with van der Waals surface area (Å²) in [4.78, 5) is 14.4. The van der Waals surface area contributed by atoms with Crippen LogP contribution in [0.25, 0.3) is 0 Å². The normalized spacial score (nSPS) is 23.6. The number of anilines is 1. The minimum atomic E-state index is 0.0549. The Morgan fingerprint density at radius 1 is 1.45 bits per heavy atom. The third-order valence-corrected chi connectivity index (χ3v) is 4.06. The van der Waals surface area contributed by atoms with E-state index in [2.05, 4.69) is 30.1 Å². The number of nitrogens with one attached hydrogen (secondary N) is 1. The van der Waals surface area contributed by atoms with Gasteiger partial charge in [-0.2, -0.15) is 0 Å². The highest BCUT2D eigenvalue weighted by Gasteiger charge is 2.24. The maximum Gasteiger partial charge on any atom is 0.238 e. The van der Waals surface area contributed by atoms with Gasteiger partial charge in [0.05, 0.1) is 6.54 Å². The van der Waals surface area contributed by atoms with E-state index >= 15 is 0 Å². The molecule has 2 rings (SSSR count). The highest BCUT2D eigenvalue weighted by Crippen LogP contribution is 2.18. The van der Waals surface area contributed by atoms with Crippen molar-refractivity contribution in [2.45, 2.75) is 45.7 Å². The summed E-state index contributed by atoms with van der Waals surface area (Å²) in [5, 5.41) is 3.00. The van der Waals surface area contributed by atoms with Gasteiger partial charge in [0, 0.05) is 24.3 Å². The van der Waals surface area contributed by atoms with Crippen LogP contribution in [0.15, 0.2) is 18.2 Å². The number of hydrogen-bond acceptors (Lipinski definition) is 3. The number of rotatable bonds is 3. The molecule has 110 valence electrons. The molecule has 2 atom stereocenters. The number of likely N-dealkylation sites (tertiary alicyclic amines) is 1. The molecule has 1 amide bonds. The Balaban J connectivity index is 1.92. The van der Waals surface area contributed by atoms with Crippen molar-refractivity contribution in [3.05, 3.63) is 29.3 Å². The summed E-state index contributed by atoms with van der Waals surface area (Å²) >= 11 is 0. The predicted octanol–water partition coefficient (Wildman–Crippen LogP) is 2.05. The molecule has 3 N–H and O–H groups in total. The maximum atomic E-state index is 12.2. The van der Waals surface area contributed by atoms with Gasteiger partial charge in [0.25, 0.3) is 0 Å². The number of piperidine rings is 1. The summed E-state index contributed by atoms with van der Waals surface area (Å²) in [6, 6.07) is 6.73. The lowest BCUT2D eigenvalue weighted by molar-refractivity contribution is -0.118. The van der Waals surface area contributed by atoms with E-state index in [-0.39, 0.29) is 11.9 Å². The summed E-state index contributed by atoms with van der Waals surface area (Å²) < 4.78 is 0. The van der Waals surface area contributed by atoms with Crippen molar-refractivity contribution < 1.29 is 4.79 Å². The molecule has 1 heterocycles. The summed E-state index contributed by atoms with van der Waals surface area (Å²) in [5.74, 6) is 0.0549. The lowest BCUT2D eigenvalue weighted by atomic mass is 9.99. The van der Waals surface area contributed by atoms with Crippen molar-refractivity contribution >= 4 is 11.6 Å². The Bertz CT molecular complexity index is 487. The van der Waals surface area contributed by atoms with Crippen LogP contribution in [0.5, 0.6) is 0 Å². The first-order valence-electron chi connectivity index (χ1n) is 7.32. The number of carbonyl (C=O) groups is 1. The molecule has 2 unspecified atom stereocenters. The van der Waals surface area contributed by atoms with Crippen molar-refractivity contribution in [3.63, 3.8) is 0 Å². The molecular formula is C16H25N3O. The fourth-order valence-electron chi connectivity index (χ4n) is 2.82. The average molecular weight is 275 g/mol. The summed E-state index contributed by atoms with van der Waals surface area (Å²) in [5.41, 5.74) is 9.16. The molecule has 0 radical (unpaired) electrons. The molecule has 20 heavy (non-hydrogen) atoms. The Morgan fingerprint density at radius 3 is 2.85 bits per heavy atom. The van der Waals surface area contributed by atoms with Crippen LogP contribution >= 0.6 is 0 Å². The quantitative estimate of drug-likeness (QED) is 0.887. The van der Waals surface area contributed by atoms with E-state index < -0.39 is 0 Å². The smallest absolute Gasteiger partial charge is 0.238 e. The van der Waals surface area contributed by atoms with Gasteiger partial charge in [0.2, 0.25) is 5.91 Å². The minimum absolute atomic E-state index is 0.0549. The van der Waals surface area contributed by atoms with Gasteiger partial charge >= 0.3 is 0 Å². The van der Waals surface area contributed by atoms with E-state index in [1.807, 2.05) is 19.1 Å². The van der Waals surface area contributed by atoms with Gasteiger partial charge in [-0.15, -0.1) is 0 Å². The molecule has 0 aliphatic carbocycles. The lowest BCUT2D eigenvalue weighted by Gasteiger charge is -2.35. The fourth-order valence-corrected chi connectivity index (χ4v) is 2.82. The molecule has 0 aromatic heterocycles. The zero-order valence-electron chi connectivity index (χ0n) is 12.6. The molecule has 4 heteroatoms. The minimum Gasteiger partial charge on any atom is -0.328 e. The van der Waals surface area contributed by atoms with E-state index in [1.165, 1.54) is 5.56 Å². The van der Waals surface area contributed by atoms with Gasteiger partial charge < -0.3 is 11.1 Å². The van der Waals surface area contributed by atoms with Crippen molar-refractivity contribution in [2.24, 2.45) is 5.73 Å². The second kappa shape index (κ2) is 6.37. The van der Waals surface area contributed by atoms with Crippen LogP contribution < -0.4 is 11.1 Å². The van der Waals surface area contributed by atoms with Crippen molar-refractivity contribution in [3.8, 4) is 0 Å². The van der Waals surface area contributed by atoms with Crippen LogP contribution in [0.2, 0.25) is 0 Å². The zero-order chi connectivity index (χ0) is 14.7. The van der Waals surface area contributed by atoms with Gasteiger partial charge in [-0.25, -0.2) is 0 Å². The van der Waals surface area contributed by atoms with E-state index in [9.17, 15) is 4.79 Å². The largest absolute Gasteiger partial charge is 0.328 e. The van der Waals surface area contributed by atoms with Crippen LogP contribution in [0.4, 0.5) is 5.69 Å². The van der Waals surface area contributed by atoms with Crippen LogP contribution in [-0.2, 0) is 4.79 Å². The zero-order valence-corrected chi connectivity index (χ0v) is 12.6. The van der Waals surface area contributed by atoms with Crippen LogP contribution in [-0.4, -0.2) is 36.0 Å². The molecule has 1 fully saturated rings. The van der Waals surface area contributed by atoms with Crippen molar-refractivity contribution in [1.29, 1.82) is 0 Å². The molecule has 4 nitrogen and oxygen atoms in total. The van der Waals surface area contributed by atoms with E-state index in [4.69, 9.17) is 5.73 Å². The number of nitrogens with zero attached hydrogens (tertiary/aromatic N) is 1. The molecular weight excluding hydrogens is 250 g/mol. The first-order chi connectivity index (χ1) is 9.45. The summed E-state index contributed by atoms with van der Waals surface area (Å²) in [7, 11) is 0. The molecule has 1 saturated heterocycles. The third kappa shape index (κ3) is 3.81. The second-order valence-electron chi connectivity index (χ2n) is 5.97. The van der Waals surface area contributed by atoms with Crippen molar-refractivity contribution in [1.82, 2.24) is 4.90 Å². The standard InChI is InChI=1S/C16H25N3O/c1-11-4-5-15(12(2)8-11)18-16(20)10-19-7-6-14(17)9-13(19)3/h4-5,8,13-14H,6-7,9-10,17H2,1-3H3,(H,18,20). The fraction of sp³-hybridized carbons (Fsp3) is 0.562. The summed E-state index contributed by atoms with van der Waals surface area (Å²) in [6.45, 7) is 7.57. The number of benzene rings is 1. The molecule has 1 aliphatic rings. The van der Waals surface area contributed by atoms with Gasteiger partial charge in [-0.1, -0.05) is 17.7 Å². The van der Waals surface area contributed by atoms with E-state index in [1.54, 1.807) is 0 Å². The molecule has 1 aromatic rings. The van der Waals surface area contributed by atoms with Gasteiger partial charge in [0.15, 0.2) is 0 Å². The Morgan fingerprint density at radius 2 is 2.20 bits per heavy atom. The topological polar surface area (TPSA) is 58.4 Å². The predicted molar refractivity (Wildman–Crippen MR) is 82.8 cm³/mol. The number of nitrogens with two attached hydrogens (primary N) is 1.